The number of carbonyl (C=O) groups is 2. The number of nitrogens with two attached hydrogens (primary N) is 1. The van der Waals surface area contributed by atoms with Crippen LogP contribution in [0.25, 0.3) is 0 Å². The first-order chi connectivity index (χ1) is 7.11. The van der Waals surface area contributed by atoms with Crippen molar-refractivity contribution in [2.24, 2.45) is 5.73 Å². The van der Waals surface area contributed by atoms with Gasteiger partial charge in [0.15, 0.2) is 6.17 Å². The summed E-state index contributed by atoms with van der Waals surface area (Å²) in [5.74, 6) is -0.649. The van der Waals surface area contributed by atoms with Crippen LogP contribution in [-0.2, 0) is 4.79 Å². The summed E-state index contributed by atoms with van der Waals surface area (Å²) >= 11 is 0. The molecule has 2 rings (SSSR count). The first kappa shape index (κ1) is 9.67. The van der Waals surface area contributed by atoms with Gasteiger partial charge in [-0.2, -0.15) is 0 Å². The Hall–Kier alpha value is -1.88. The molecular weight excluding hydrogens is 194 g/mol. The van der Waals surface area contributed by atoms with E-state index in [4.69, 9.17) is 5.73 Å². The quantitative estimate of drug-likeness (QED) is 0.609. The third kappa shape index (κ3) is 1.46. The molecule has 2 amide bonds. The number of rotatable bonds is 0. The summed E-state index contributed by atoms with van der Waals surface area (Å²) in [5, 5.41) is 2.43. The molecule has 0 bridgehead atoms. The second kappa shape index (κ2) is 3.36. The third-order valence-corrected chi connectivity index (χ3v) is 2.39. The number of hydrogen-bond donors (Lipinski definition) is 2. The highest BCUT2D eigenvalue weighted by molar-refractivity contribution is 6.10. The average molecular weight is 205 g/mol. The van der Waals surface area contributed by atoms with Crippen LogP contribution in [0.3, 0.4) is 0 Å². The monoisotopic (exact) mass is 205 g/mol. The van der Waals surface area contributed by atoms with Crippen LogP contribution in [0.15, 0.2) is 24.3 Å². The fourth-order valence-corrected chi connectivity index (χ4v) is 1.57. The largest absolute Gasteiger partial charge is 0.328 e. The van der Waals surface area contributed by atoms with Gasteiger partial charge in [-0.25, -0.2) is 0 Å². The second-order valence-corrected chi connectivity index (χ2v) is 3.37. The number of hydrogen-bond acceptors (Lipinski definition) is 3. The summed E-state index contributed by atoms with van der Waals surface area (Å²) in [6, 6.07) is 6.89. The lowest BCUT2D eigenvalue weighted by Gasteiger charge is -2.17. The molecule has 1 aliphatic rings. The van der Waals surface area contributed by atoms with Crippen LogP contribution in [0.5, 0.6) is 0 Å². The fourth-order valence-electron chi connectivity index (χ4n) is 1.57. The summed E-state index contributed by atoms with van der Waals surface area (Å²) < 4.78 is 0. The Balaban J connectivity index is 2.57. The lowest BCUT2D eigenvalue weighted by Crippen LogP contribution is -2.50. The fraction of sp³-hybridized carbons (Fsp3) is 0.200. The summed E-state index contributed by atoms with van der Waals surface area (Å²) in [6.45, 7) is 0. The van der Waals surface area contributed by atoms with Crippen molar-refractivity contribution >= 4 is 17.5 Å². The van der Waals surface area contributed by atoms with Crippen molar-refractivity contribution in [3.05, 3.63) is 29.8 Å². The molecule has 1 unspecified atom stereocenters. The van der Waals surface area contributed by atoms with E-state index in [1.54, 1.807) is 31.3 Å². The number of benzene rings is 1. The van der Waals surface area contributed by atoms with Gasteiger partial charge in [0.05, 0.1) is 11.3 Å². The van der Waals surface area contributed by atoms with E-state index >= 15 is 0 Å². The van der Waals surface area contributed by atoms with Gasteiger partial charge in [0.1, 0.15) is 0 Å². The predicted molar refractivity (Wildman–Crippen MR) is 55.3 cm³/mol. The molecule has 15 heavy (non-hydrogen) atoms. The van der Waals surface area contributed by atoms with Crippen molar-refractivity contribution in [1.29, 1.82) is 0 Å². The van der Waals surface area contributed by atoms with Crippen LogP contribution in [-0.4, -0.2) is 25.0 Å². The number of anilines is 1. The molecule has 1 aromatic rings. The van der Waals surface area contributed by atoms with Gasteiger partial charge in [-0.05, 0) is 12.1 Å². The summed E-state index contributed by atoms with van der Waals surface area (Å²) in [5.41, 5.74) is 6.55. The summed E-state index contributed by atoms with van der Waals surface area (Å²) in [6.07, 6.45) is -0.977. The molecule has 1 aromatic carbocycles. The average Bonchev–Trinajstić information content (AvgIpc) is 2.33. The minimum Gasteiger partial charge on any atom is -0.328 e. The molecule has 0 saturated carbocycles. The second-order valence-electron chi connectivity index (χ2n) is 3.37. The van der Waals surface area contributed by atoms with Crippen molar-refractivity contribution in [3.63, 3.8) is 0 Å². The standard InChI is InChI=1S/C10H11N3O2/c1-13-7-5-3-2-4-6(7)9(14)12-8(11)10(13)15/h2-5,8H,11H2,1H3,(H,12,14). The van der Waals surface area contributed by atoms with Crippen molar-refractivity contribution < 1.29 is 9.59 Å². The van der Waals surface area contributed by atoms with E-state index in [2.05, 4.69) is 5.32 Å². The van der Waals surface area contributed by atoms with Gasteiger partial charge in [0.25, 0.3) is 11.8 Å². The van der Waals surface area contributed by atoms with Crippen LogP contribution in [0.4, 0.5) is 5.69 Å². The summed E-state index contributed by atoms with van der Waals surface area (Å²) in [4.78, 5) is 24.7. The molecule has 0 spiro atoms. The van der Waals surface area contributed by atoms with Gasteiger partial charge in [-0.1, -0.05) is 12.1 Å². The zero-order valence-corrected chi connectivity index (χ0v) is 8.23. The van der Waals surface area contributed by atoms with Crippen molar-refractivity contribution in [2.75, 3.05) is 11.9 Å². The molecular formula is C10H11N3O2. The molecule has 78 valence electrons. The first-order valence-corrected chi connectivity index (χ1v) is 4.54. The van der Waals surface area contributed by atoms with E-state index in [1.807, 2.05) is 0 Å². The molecule has 5 heteroatoms. The van der Waals surface area contributed by atoms with E-state index in [1.165, 1.54) is 4.90 Å². The Kier molecular flexibility index (Phi) is 2.17. The van der Waals surface area contributed by atoms with Crippen molar-refractivity contribution in [3.8, 4) is 0 Å². The van der Waals surface area contributed by atoms with Crippen molar-refractivity contribution in [1.82, 2.24) is 5.32 Å². The molecule has 1 heterocycles. The molecule has 1 atom stereocenters. The molecule has 0 aliphatic carbocycles. The summed E-state index contributed by atoms with van der Waals surface area (Å²) in [7, 11) is 1.60. The van der Waals surface area contributed by atoms with Crippen LogP contribution >= 0.6 is 0 Å². The normalized spacial score (nSPS) is 20.7. The number of nitrogens with one attached hydrogen (secondary N) is 1. The number of fused-ring (bicyclic) bond motifs is 1. The van der Waals surface area contributed by atoms with E-state index in [-0.39, 0.29) is 11.8 Å². The number of para-hydroxylation sites is 1. The zero-order chi connectivity index (χ0) is 11.0. The maximum atomic E-state index is 11.6. The minimum absolute atomic E-state index is 0.323. The number of amides is 2. The lowest BCUT2D eigenvalue weighted by molar-refractivity contribution is -0.119. The van der Waals surface area contributed by atoms with Gasteiger partial charge in [0, 0.05) is 7.05 Å². The maximum Gasteiger partial charge on any atom is 0.264 e. The van der Waals surface area contributed by atoms with Gasteiger partial charge in [-0.3, -0.25) is 9.59 Å². The van der Waals surface area contributed by atoms with E-state index in [9.17, 15) is 9.59 Å². The smallest absolute Gasteiger partial charge is 0.264 e. The topological polar surface area (TPSA) is 75.4 Å². The highest BCUT2D eigenvalue weighted by Gasteiger charge is 2.28. The minimum atomic E-state index is -0.977. The van der Waals surface area contributed by atoms with E-state index in [0.717, 1.165) is 0 Å². The highest BCUT2D eigenvalue weighted by atomic mass is 16.2. The Morgan fingerprint density at radius 1 is 1.33 bits per heavy atom. The number of nitrogens with zero attached hydrogens (tertiary/aromatic N) is 1. The van der Waals surface area contributed by atoms with Crippen LogP contribution in [0.1, 0.15) is 10.4 Å². The lowest BCUT2D eigenvalue weighted by atomic mass is 10.1. The van der Waals surface area contributed by atoms with Crippen LogP contribution in [0, 0.1) is 0 Å². The first-order valence-electron chi connectivity index (χ1n) is 4.54. The number of likely N-dealkylation sites (N-methyl/N-ethyl adjacent to an activating group) is 1. The van der Waals surface area contributed by atoms with Gasteiger partial charge in [-0.15, -0.1) is 0 Å². The zero-order valence-electron chi connectivity index (χ0n) is 8.23. The SMILES string of the molecule is CN1C(=O)C(N)NC(=O)c2ccccc21. The molecule has 0 fully saturated rings. The Bertz CT molecular complexity index is 430. The molecule has 0 aromatic heterocycles. The van der Waals surface area contributed by atoms with Gasteiger partial charge in [0.2, 0.25) is 0 Å². The van der Waals surface area contributed by atoms with Gasteiger partial charge >= 0.3 is 0 Å². The van der Waals surface area contributed by atoms with Gasteiger partial charge < -0.3 is 16.0 Å². The van der Waals surface area contributed by atoms with Crippen LogP contribution in [0.2, 0.25) is 0 Å². The highest BCUT2D eigenvalue weighted by Crippen LogP contribution is 2.21. The molecule has 0 radical (unpaired) electrons. The predicted octanol–water partition coefficient (Wildman–Crippen LogP) is -0.322. The van der Waals surface area contributed by atoms with Crippen LogP contribution < -0.4 is 16.0 Å². The third-order valence-electron chi connectivity index (χ3n) is 2.39. The van der Waals surface area contributed by atoms with Crippen molar-refractivity contribution in [2.45, 2.75) is 6.17 Å². The molecule has 0 saturated heterocycles. The number of carbonyl (C=O) groups excluding carboxylic acids is 2. The van der Waals surface area contributed by atoms with E-state index < -0.39 is 6.17 Å². The molecule has 3 N–H and O–H groups in total. The molecule has 5 nitrogen and oxygen atoms in total. The van der Waals surface area contributed by atoms with E-state index in [0.29, 0.717) is 11.3 Å². The molecule has 1 aliphatic heterocycles. The Morgan fingerprint density at radius 3 is 2.73 bits per heavy atom. The Labute approximate surface area is 86.9 Å². The maximum absolute atomic E-state index is 11.6. The Morgan fingerprint density at radius 2 is 2.00 bits per heavy atom.